The summed E-state index contributed by atoms with van der Waals surface area (Å²) in [5.74, 6) is 0.749. The SMILES string of the molecule is CS(=O)(=O)Nc1cccc(NC(=O)[C@@H]2CSCCC(=O)N2)c1. The van der Waals surface area contributed by atoms with Gasteiger partial charge in [0.25, 0.3) is 0 Å². The van der Waals surface area contributed by atoms with Gasteiger partial charge in [-0.25, -0.2) is 8.42 Å². The van der Waals surface area contributed by atoms with E-state index in [9.17, 15) is 18.0 Å². The third kappa shape index (κ3) is 5.23. The second kappa shape index (κ2) is 7.01. The maximum absolute atomic E-state index is 12.2. The summed E-state index contributed by atoms with van der Waals surface area (Å²) in [7, 11) is -3.38. The molecule has 1 saturated heterocycles. The Kier molecular flexibility index (Phi) is 5.30. The molecule has 0 aliphatic carbocycles. The van der Waals surface area contributed by atoms with Crippen LogP contribution in [-0.4, -0.2) is 44.0 Å². The van der Waals surface area contributed by atoms with E-state index in [4.69, 9.17) is 0 Å². The lowest BCUT2D eigenvalue weighted by molar-refractivity contribution is -0.125. The Morgan fingerprint density at radius 3 is 2.82 bits per heavy atom. The lowest BCUT2D eigenvalue weighted by Crippen LogP contribution is -2.44. The van der Waals surface area contributed by atoms with Gasteiger partial charge in [0.2, 0.25) is 21.8 Å². The normalized spacial score (nSPS) is 19.0. The van der Waals surface area contributed by atoms with Crippen LogP contribution >= 0.6 is 11.8 Å². The van der Waals surface area contributed by atoms with Crippen molar-refractivity contribution in [3.05, 3.63) is 24.3 Å². The van der Waals surface area contributed by atoms with E-state index in [-0.39, 0.29) is 11.8 Å². The van der Waals surface area contributed by atoms with Gasteiger partial charge in [0.1, 0.15) is 6.04 Å². The van der Waals surface area contributed by atoms with E-state index in [1.54, 1.807) is 30.0 Å². The van der Waals surface area contributed by atoms with Gasteiger partial charge < -0.3 is 10.6 Å². The molecule has 0 aromatic heterocycles. The molecule has 3 N–H and O–H groups in total. The topological polar surface area (TPSA) is 104 Å². The maximum Gasteiger partial charge on any atom is 0.247 e. The molecule has 1 aliphatic rings. The van der Waals surface area contributed by atoms with Crippen LogP contribution in [-0.2, 0) is 19.6 Å². The van der Waals surface area contributed by atoms with Crippen molar-refractivity contribution < 1.29 is 18.0 Å². The largest absolute Gasteiger partial charge is 0.343 e. The zero-order chi connectivity index (χ0) is 16.2. The van der Waals surface area contributed by atoms with Crippen molar-refractivity contribution in [2.24, 2.45) is 0 Å². The molecule has 22 heavy (non-hydrogen) atoms. The van der Waals surface area contributed by atoms with E-state index in [1.807, 2.05) is 0 Å². The van der Waals surface area contributed by atoms with Crippen molar-refractivity contribution >= 4 is 45.0 Å². The monoisotopic (exact) mass is 343 g/mol. The van der Waals surface area contributed by atoms with Crippen molar-refractivity contribution in [2.75, 3.05) is 27.8 Å². The number of carbonyl (C=O) groups is 2. The lowest BCUT2D eigenvalue weighted by atomic mass is 10.2. The Morgan fingerprint density at radius 2 is 2.09 bits per heavy atom. The van der Waals surface area contributed by atoms with Gasteiger partial charge in [-0.3, -0.25) is 14.3 Å². The zero-order valence-corrected chi connectivity index (χ0v) is 13.6. The quantitative estimate of drug-likeness (QED) is 0.743. The summed E-state index contributed by atoms with van der Waals surface area (Å²) in [5.41, 5.74) is 0.821. The first-order valence-electron chi connectivity index (χ1n) is 6.59. The number of rotatable bonds is 4. The minimum Gasteiger partial charge on any atom is -0.343 e. The molecule has 2 amide bonds. The molecule has 0 radical (unpaired) electrons. The summed E-state index contributed by atoms with van der Waals surface area (Å²) in [6.45, 7) is 0. The second-order valence-corrected chi connectivity index (χ2v) is 7.79. The minimum atomic E-state index is -3.38. The Labute approximate surface area is 133 Å². The Hall–Kier alpha value is -1.74. The number of anilines is 2. The van der Waals surface area contributed by atoms with Crippen LogP contribution in [0.3, 0.4) is 0 Å². The predicted octanol–water partition coefficient (Wildman–Crippen LogP) is 0.618. The van der Waals surface area contributed by atoms with E-state index in [0.717, 1.165) is 6.26 Å². The van der Waals surface area contributed by atoms with Crippen molar-refractivity contribution in [3.8, 4) is 0 Å². The molecule has 1 atom stereocenters. The van der Waals surface area contributed by atoms with Gasteiger partial charge in [0, 0.05) is 23.6 Å². The van der Waals surface area contributed by atoms with E-state index in [0.29, 0.717) is 29.3 Å². The molecule has 1 aromatic rings. The van der Waals surface area contributed by atoms with Gasteiger partial charge in [0.15, 0.2) is 0 Å². The lowest BCUT2D eigenvalue weighted by Gasteiger charge is -2.15. The smallest absolute Gasteiger partial charge is 0.247 e. The Bertz CT molecular complexity index is 676. The summed E-state index contributed by atoms with van der Waals surface area (Å²) < 4.78 is 24.8. The number of carbonyl (C=O) groups excluding carboxylic acids is 2. The average Bonchev–Trinajstić information content (AvgIpc) is 2.62. The summed E-state index contributed by atoms with van der Waals surface area (Å²) in [4.78, 5) is 23.7. The first-order valence-corrected chi connectivity index (χ1v) is 9.64. The summed E-state index contributed by atoms with van der Waals surface area (Å²) in [5, 5.41) is 5.35. The van der Waals surface area contributed by atoms with Crippen LogP contribution < -0.4 is 15.4 Å². The average molecular weight is 343 g/mol. The third-order valence-electron chi connectivity index (χ3n) is 2.84. The predicted molar refractivity (Wildman–Crippen MR) is 87.4 cm³/mol. The summed E-state index contributed by atoms with van der Waals surface area (Å²) in [6.07, 6.45) is 1.46. The molecule has 1 aromatic carbocycles. The van der Waals surface area contributed by atoms with Gasteiger partial charge in [-0.15, -0.1) is 0 Å². The first-order chi connectivity index (χ1) is 10.3. The molecule has 1 aliphatic heterocycles. The highest BCUT2D eigenvalue weighted by Crippen LogP contribution is 2.17. The van der Waals surface area contributed by atoms with Gasteiger partial charge in [0.05, 0.1) is 11.9 Å². The molecule has 1 fully saturated rings. The Morgan fingerprint density at radius 1 is 1.36 bits per heavy atom. The first kappa shape index (κ1) is 16.6. The van der Waals surface area contributed by atoms with Gasteiger partial charge in [-0.1, -0.05) is 6.07 Å². The van der Waals surface area contributed by atoms with Crippen LogP contribution in [0.5, 0.6) is 0 Å². The van der Waals surface area contributed by atoms with Crippen molar-refractivity contribution in [1.82, 2.24) is 5.32 Å². The standard InChI is InChI=1S/C13H17N3O4S2/c1-22(19,20)16-10-4-2-3-9(7-10)14-13(18)11-8-21-6-5-12(17)15-11/h2-4,7,11,16H,5-6,8H2,1H3,(H,14,18)(H,15,17)/t11-/m0/s1. The molecule has 2 rings (SSSR count). The van der Waals surface area contributed by atoms with E-state index in [1.165, 1.54) is 6.07 Å². The second-order valence-electron chi connectivity index (χ2n) is 4.89. The number of benzene rings is 1. The van der Waals surface area contributed by atoms with E-state index >= 15 is 0 Å². The molecular formula is C13H17N3O4S2. The van der Waals surface area contributed by atoms with E-state index in [2.05, 4.69) is 15.4 Å². The van der Waals surface area contributed by atoms with Crippen molar-refractivity contribution in [1.29, 1.82) is 0 Å². The molecule has 0 unspecified atom stereocenters. The number of hydrogen-bond acceptors (Lipinski definition) is 5. The zero-order valence-electron chi connectivity index (χ0n) is 12.0. The summed E-state index contributed by atoms with van der Waals surface area (Å²) in [6, 6.07) is 5.79. The fourth-order valence-corrected chi connectivity index (χ4v) is 3.44. The maximum atomic E-state index is 12.2. The molecular weight excluding hydrogens is 326 g/mol. The number of nitrogens with one attached hydrogen (secondary N) is 3. The highest BCUT2D eigenvalue weighted by molar-refractivity contribution is 7.99. The number of hydrogen-bond donors (Lipinski definition) is 3. The molecule has 0 saturated carbocycles. The van der Waals surface area contributed by atoms with Crippen LogP contribution in [0, 0.1) is 0 Å². The molecule has 120 valence electrons. The van der Waals surface area contributed by atoms with Gasteiger partial charge >= 0.3 is 0 Å². The van der Waals surface area contributed by atoms with Crippen molar-refractivity contribution in [3.63, 3.8) is 0 Å². The Balaban J connectivity index is 2.04. The highest BCUT2D eigenvalue weighted by Gasteiger charge is 2.23. The van der Waals surface area contributed by atoms with Crippen LogP contribution in [0.1, 0.15) is 6.42 Å². The third-order valence-corrected chi connectivity index (χ3v) is 4.51. The number of thioether (sulfide) groups is 1. The molecule has 9 heteroatoms. The van der Waals surface area contributed by atoms with E-state index < -0.39 is 16.1 Å². The minimum absolute atomic E-state index is 0.141. The molecule has 0 spiro atoms. The van der Waals surface area contributed by atoms with Gasteiger partial charge in [-0.2, -0.15) is 11.8 Å². The number of amides is 2. The highest BCUT2D eigenvalue weighted by atomic mass is 32.2. The fraction of sp³-hybridized carbons (Fsp3) is 0.385. The number of sulfonamides is 1. The molecule has 1 heterocycles. The molecule has 0 bridgehead atoms. The van der Waals surface area contributed by atoms with Crippen molar-refractivity contribution in [2.45, 2.75) is 12.5 Å². The fourth-order valence-electron chi connectivity index (χ4n) is 1.92. The summed E-state index contributed by atoms with van der Waals surface area (Å²) >= 11 is 1.54. The van der Waals surface area contributed by atoms with Crippen LogP contribution in [0.2, 0.25) is 0 Å². The molecule has 7 nitrogen and oxygen atoms in total. The van der Waals surface area contributed by atoms with Crippen LogP contribution in [0.25, 0.3) is 0 Å². The van der Waals surface area contributed by atoms with Crippen LogP contribution in [0.15, 0.2) is 24.3 Å². The van der Waals surface area contributed by atoms with Crippen LogP contribution in [0.4, 0.5) is 11.4 Å². The van der Waals surface area contributed by atoms with Gasteiger partial charge in [-0.05, 0) is 18.2 Å².